The summed E-state index contributed by atoms with van der Waals surface area (Å²) in [6, 6.07) is 1.44. The molecule has 0 spiro atoms. The second-order valence-electron chi connectivity index (χ2n) is 7.24. The van der Waals surface area contributed by atoms with Crippen LogP contribution in [0.25, 0.3) is 0 Å². The number of carbonyl (C=O) groups is 3. The molecule has 7 heteroatoms. The van der Waals surface area contributed by atoms with Crippen molar-refractivity contribution in [1.82, 2.24) is 10.2 Å². The lowest BCUT2D eigenvalue weighted by Gasteiger charge is -2.32. The number of amides is 2. The lowest BCUT2D eigenvalue weighted by molar-refractivity contribution is -0.143. The van der Waals surface area contributed by atoms with Crippen LogP contribution in [-0.2, 0) is 16.1 Å². The van der Waals surface area contributed by atoms with Crippen LogP contribution >= 0.6 is 0 Å². The summed E-state index contributed by atoms with van der Waals surface area (Å²) >= 11 is 0. The fourth-order valence-electron chi connectivity index (χ4n) is 4.06. The Morgan fingerprint density at radius 2 is 1.81 bits per heavy atom. The molecule has 2 atom stereocenters. The number of furan rings is 1. The third-order valence-electron chi connectivity index (χ3n) is 5.47. The van der Waals surface area contributed by atoms with Crippen LogP contribution in [0.15, 0.2) is 10.5 Å². The van der Waals surface area contributed by atoms with Gasteiger partial charge in [0.1, 0.15) is 17.1 Å². The molecule has 1 aromatic heterocycles. The van der Waals surface area contributed by atoms with Gasteiger partial charge in [-0.2, -0.15) is 0 Å². The number of hydrogen-bond acceptors (Lipinski definition) is 4. The minimum atomic E-state index is -1.05. The molecule has 1 aromatic rings. The predicted octanol–water partition coefficient (Wildman–Crippen LogP) is 2.33. The average molecular weight is 362 g/mol. The Labute approximate surface area is 152 Å². The van der Waals surface area contributed by atoms with E-state index in [1.165, 1.54) is 6.07 Å². The number of carboxylic acids is 1. The summed E-state index contributed by atoms with van der Waals surface area (Å²) in [4.78, 5) is 38.4. The number of hydrogen-bond donors (Lipinski definition) is 2. The van der Waals surface area contributed by atoms with Crippen molar-refractivity contribution in [2.45, 2.75) is 52.0 Å². The second kappa shape index (κ2) is 7.93. The fourth-order valence-corrected chi connectivity index (χ4v) is 4.06. The number of nitrogens with zero attached hydrogens (tertiary/aromatic N) is 1. The van der Waals surface area contributed by atoms with Gasteiger partial charge in [0.15, 0.2) is 0 Å². The number of nitrogens with one attached hydrogen (secondary N) is 1. The zero-order chi connectivity index (χ0) is 18.7. The van der Waals surface area contributed by atoms with Crippen LogP contribution in [0.3, 0.4) is 0 Å². The van der Waals surface area contributed by atoms with E-state index in [1.807, 2.05) is 4.90 Å². The van der Waals surface area contributed by atoms with Crippen molar-refractivity contribution in [2.75, 3.05) is 13.1 Å². The first kappa shape index (κ1) is 18.5. The first-order valence-electron chi connectivity index (χ1n) is 9.36. The average Bonchev–Trinajstić information content (AvgIpc) is 3.28. The highest BCUT2D eigenvalue weighted by Gasteiger charge is 2.38. The highest BCUT2D eigenvalue weighted by atomic mass is 16.4. The molecule has 1 saturated carbocycles. The Bertz CT molecular complexity index is 690. The van der Waals surface area contributed by atoms with Crippen molar-refractivity contribution in [3.63, 3.8) is 0 Å². The Morgan fingerprint density at radius 3 is 2.42 bits per heavy atom. The highest BCUT2D eigenvalue weighted by molar-refractivity contribution is 5.89. The molecule has 3 rings (SSSR count). The lowest BCUT2D eigenvalue weighted by Crippen LogP contribution is -2.44. The topological polar surface area (TPSA) is 99.9 Å². The summed E-state index contributed by atoms with van der Waals surface area (Å²) in [5.74, 6) is -0.903. The molecule has 0 aromatic carbocycles. The van der Waals surface area contributed by atoms with E-state index in [0.717, 1.165) is 45.2 Å². The minimum Gasteiger partial charge on any atom is -0.478 e. The molecule has 142 valence electrons. The van der Waals surface area contributed by atoms with Gasteiger partial charge in [0, 0.05) is 24.9 Å². The molecule has 2 heterocycles. The summed E-state index contributed by atoms with van der Waals surface area (Å²) in [6.45, 7) is 3.31. The molecule has 0 bridgehead atoms. The maximum Gasteiger partial charge on any atom is 0.339 e. The number of carboxylic acid groups (broad SMARTS) is 1. The van der Waals surface area contributed by atoms with Crippen molar-refractivity contribution in [3.8, 4) is 0 Å². The van der Waals surface area contributed by atoms with Crippen LogP contribution < -0.4 is 5.32 Å². The van der Waals surface area contributed by atoms with Gasteiger partial charge in [-0.3, -0.25) is 9.59 Å². The summed E-state index contributed by atoms with van der Waals surface area (Å²) in [5.41, 5.74) is 0.106. The van der Waals surface area contributed by atoms with Gasteiger partial charge in [-0.25, -0.2) is 4.79 Å². The van der Waals surface area contributed by atoms with Crippen molar-refractivity contribution < 1.29 is 23.9 Å². The largest absolute Gasteiger partial charge is 0.478 e. The highest BCUT2D eigenvalue weighted by Crippen LogP contribution is 2.32. The first-order chi connectivity index (χ1) is 12.5. The molecule has 1 saturated heterocycles. The number of rotatable bonds is 5. The Balaban J connectivity index is 1.62. The number of aromatic carboxylic acids is 1. The zero-order valence-electron chi connectivity index (χ0n) is 15.1. The number of aryl methyl sites for hydroxylation is 1. The van der Waals surface area contributed by atoms with Crippen LogP contribution in [0.2, 0.25) is 0 Å². The standard InChI is InChI=1S/C19H26N2O5/c1-12-16(19(24)25)10-13(26-12)11-20-17(22)14-6-2-3-7-15(14)18(23)21-8-4-5-9-21/h10,14-15H,2-9,11H2,1H3,(H,20,22)(H,24,25). The lowest BCUT2D eigenvalue weighted by atomic mass is 9.78. The molecule has 0 radical (unpaired) electrons. The van der Waals surface area contributed by atoms with E-state index in [0.29, 0.717) is 17.9 Å². The second-order valence-corrected chi connectivity index (χ2v) is 7.24. The molecule has 2 fully saturated rings. The van der Waals surface area contributed by atoms with Crippen LogP contribution in [0.4, 0.5) is 0 Å². The summed E-state index contributed by atoms with van der Waals surface area (Å²) in [6.07, 6.45) is 5.49. The molecule has 2 unspecified atom stereocenters. The summed E-state index contributed by atoms with van der Waals surface area (Å²) < 4.78 is 5.40. The van der Waals surface area contributed by atoms with E-state index in [9.17, 15) is 14.4 Å². The quantitative estimate of drug-likeness (QED) is 0.837. The van der Waals surface area contributed by atoms with Crippen molar-refractivity contribution in [3.05, 3.63) is 23.2 Å². The summed E-state index contributed by atoms with van der Waals surface area (Å²) in [5, 5.41) is 11.9. The molecule has 2 amide bonds. The predicted molar refractivity (Wildman–Crippen MR) is 93.5 cm³/mol. The van der Waals surface area contributed by atoms with Gasteiger partial charge in [-0.1, -0.05) is 12.8 Å². The molecule has 7 nitrogen and oxygen atoms in total. The van der Waals surface area contributed by atoms with Crippen molar-refractivity contribution in [2.24, 2.45) is 11.8 Å². The maximum absolute atomic E-state index is 12.8. The Morgan fingerprint density at radius 1 is 1.15 bits per heavy atom. The minimum absolute atomic E-state index is 0.106. The molecule has 2 N–H and O–H groups in total. The SMILES string of the molecule is Cc1oc(CNC(=O)C2CCCCC2C(=O)N2CCCC2)cc1C(=O)O. The van der Waals surface area contributed by atoms with Gasteiger partial charge < -0.3 is 19.7 Å². The van der Waals surface area contributed by atoms with Gasteiger partial charge in [-0.15, -0.1) is 0 Å². The third-order valence-corrected chi connectivity index (χ3v) is 5.47. The monoisotopic (exact) mass is 362 g/mol. The van der Waals surface area contributed by atoms with Crippen LogP contribution in [0.1, 0.15) is 60.4 Å². The van der Waals surface area contributed by atoms with Gasteiger partial charge in [0.05, 0.1) is 6.54 Å². The first-order valence-corrected chi connectivity index (χ1v) is 9.36. The molecule has 1 aliphatic carbocycles. The molecule has 26 heavy (non-hydrogen) atoms. The van der Waals surface area contributed by atoms with Crippen molar-refractivity contribution >= 4 is 17.8 Å². The van der Waals surface area contributed by atoms with Crippen LogP contribution in [0, 0.1) is 18.8 Å². The molecular formula is C19H26N2O5. The number of carbonyl (C=O) groups excluding carboxylic acids is 2. The molecule has 2 aliphatic rings. The van der Waals surface area contributed by atoms with E-state index in [4.69, 9.17) is 9.52 Å². The van der Waals surface area contributed by atoms with Crippen LogP contribution in [-0.4, -0.2) is 40.9 Å². The normalized spacial score (nSPS) is 23.0. The van der Waals surface area contributed by atoms with E-state index < -0.39 is 5.97 Å². The maximum atomic E-state index is 12.8. The smallest absolute Gasteiger partial charge is 0.339 e. The van der Waals surface area contributed by atoms with E-state index in [-0.39, 0.29) is 35.8 Å². The van der Waals surface area contributed by atoms with Gasteiger partial charge in [0.25, 0.3) is 0 Å². The van der Waals surface area contributed by atoms with Crippen LogP contribution in [0.5, 0.6) is 0 Å². The Kier molecular flexibility index (Phi) is 5.64. The number of likely N-dealkylation sites (tertiary alicyclic amines) is 1. The van der Waals surface area contributed by atoms with E-state index in [1.54, 1.807) is 6.92 Å². The zero-order valence-corrected chi connectivity index (χ0v) is 15.1. The third kappa shape index (κ3) is 3.92. The van der Waals surface area contributed by atoms with Gasteiger partial charge in [-0.05, 0) is 38.7 Å². The Hall–Kier alpha value is -2.31. The molecular weight excluding hydrogens is 336 g/mol. The van der Waals surface area contributed by atoms with E-state index >= 15 is 0 Å². The van der Waals surface area contributed by atoms with E-state index in [2.05, 4.69) is 5.32 Å². The van der Waals surface area contributed by atoms with Gasteiger partial charge in [0.2, 0.25) is 11.8 Å². The van der Waals surface area contributed by atoms with Crippen molar-refractivity contribution in [1.29, 1.82) is 0 Å². The summed E-state index contributed by atoms with van der Waals surface area (Å²) in [7, 11) is 0. The van der Waals surface area contributed by atoms with Gasteiger partial charge >= 0.3 is 5.97 Å². The molecule has 1 aliphatic heterocycles. The fraction of sp³-hybridized carbons (Fsp3) is 0.632.